The number of carbonyl (C=O) groups excluding carboxylic acids is 3. The van der Waals surface area contributed by atoms with Crippen molar-refractivity contribution in [3.63, 3.8) is 0 Å². The van der Waals surface area contributed by atoms with Gasteiger partial charge in [-0.15, -0.1) is 6.58 Å². The molecule has 1 saturated heterocycles. The molecule has 1 heterocycles. The average molecular weight is 453 g/mol. The number of hydrogen-bond donors (Lipinski definition) is 2. The molecule has 0 unspecified atom stereocenters. The van der Waals surface area contributed by atoms with E-state index in [4.69, 9.17) is 14.2 Å². The van der Waals surface area contributed by atoms with Gasteiger partial charge in [0.2, 0.25) is 0 Å². The lowest BCUT2D eigenvalue weighted by Gasteiger charge is -2.71. The lowest BCUT2D eigenvalue weighted by Crippen LogP contribution is -2.87. The highest BCUT2D eigenvalue weighted by Gasteiger charge is 2.82. The number of fused-ring (bicyclic) bond motifs is 3. The monoisotopic (exact) mass is 452 g/mol. The molecule has 2 saturated carbocycles. The number of rotatable bonds is 3. The molecular formula is C24H36O8. The Kier molecular flexibility index (Phi) is 5.72. The Balaban J connectivity index is 2.39. The molecule has 8 heteroatoms. The maximum absolute atomic E-state index is 13.8. The lowest BCUT2D eigenvalue weighted by atomic mass is 9.39. The Bertz CT molecular complexity index is 851. The van der Waals surface area contributed by atoms with Gasteiger partial charge >= 0.3 is 11.9 Å². The number of carbonyl (C=O) groups is 3. The molecule has 3 aliphatic rings. The van der Waals surface area contributed by atoms with Crippen LogP contribution in [-0.4, -0.2) is 63.0 Å². The Labute approximate surface area is 189 Å². The van der Waals surface area contributed by atoms with Crippen LogP contribution in [0.3, 0.4) is 0 Å². The number of Topliss-reactive ketones (excluding diaryl/α,β-unsaturated/α-hetero) is 1. The predicted molar refractivity (Wildman–Crippen MR) is 114 cm³/mol. The normalized spacial score (nSPS) is 47.6. The van der Waals surface area contributed by atoms with E-state index in [0.29, 0.717) is 12.8 Å². The van der Waals surface area contributed by atoms with Crippen molar-refractivity contribution in [2.24, 2.45) is 16.7 Å². The first-order chi connectivity index (χ1) is 14.5. The molecular weight excluding hydrogens is 416 g/mol. The molecule has 1 aliphatic heterocycles. The summed E-state index contributed by atoms with van der Waals surface area (Å²) in [6, 6.07) is 0. The van der Waals surface area contributed by atoms with E-state index in [1.54, 1.807) is 13.8 Å². The van der Waals surface area contributed by atoms with Crippen molar-refractivity contribution >= 4 is 17.7 Å². The van der Waals surface area contributed by atoms with Crippen molar-refractivity contribution in [2.45, 2.75) is 103 Å². The van der Waals surface area contributed by atoms with E-state index in [1.165, 1.54) is 26.8 Å². The van der Waals surface area contributed by atoms with Gasteiger partial charge in [-0.2, -0.15) is 0 Å². The van der Waals surface area contributed by atoms with Gasteiger partial charge in [0.25, 0.3) is 0 Å². The van der Waals surface area contributed by atoms with E-state index >= 15 is 0 Å². The van der Waals surface area contributed by atoms with Crippen LogP contribution in [-0.2, 0) is 28.6 Å². The summed E-state index contributed by atoms with van der Waals surface area (Å²) in [5.41, 5.74) is -7.21. The molecule has 3 fully saturated rings. The smallest absolute Gasteiger partial charge is 0.303 e. The van der Waals surface area contributed by atoms with Gasteiger partial charge < -0.3 is 24.4 Å². The molecule has 0 aromatic carbocycles. The summed E-state index contributed by atoms with van der Waals surface area (Å²) in [6.45, 7) is 14.9. The number of aliphatic hydroxyl groups excluding tert-OH is 1. The van der Waals surface area contributed by atoms with E-state index in [9.17, 15) is 24.6 Å². The quantitative estimate of drug-likeness (QED) is 0.493. The molecule has 0 amide bonds. The summed E-state index contributed by atoms with van der Waals surface area (Å²) in [5.74, 6) is -2.51. The molecule has 180 valence electrons. The highest BCUT2D eigenvalue weighted by Crippen LogP contribution is 2.67. The SMILES string of the molecule is C=C[C@@]1(C)CC(=O)[C@]2(O)[C@@]3(C)[C@@H](O)CCC(C)(C)[C@@H]3[C@H](OC(C)=O)[C@@H](OC(C)=O)[C@@]2(C)O1. The van der Waals surface area contributed by atoms with Gasteiger partial charge in [-0.05, 0) is 32.1 Å². The van der Waals surface area contributed by atoms with E-state index in [2.05, 4.69) is 6.58 Å². The minimum Gasteiger partial charge on any atom is -0.458 e. The molecule has 0 radical (unpaired) electrons. The molecule has 0 aromatic heterocycles. The van der Waals surface area contributed by atoms with Gasteiger partial charge in [0.1, 0.15) is 11.7 Å². The van der Waals surface area contributed by atoms with Crippen LogP contribution in [0.5, 0.6) is 0 Å². The number of ketones is 1. The highest BCUT2D eigenvalue weighted by atomic mass is 16.6. The zero-order valence-corrected chi connectivity index (χ0v) is 20.1. The van der Waals surface area contributed by atoms with Gasteiger partial charge in [0, 0.05) is 31.6 Å². The summed E-state index contributed by atoms with van der Waals surface area (Å²) >= 11 is 0. The van der Waals surface area contributed by atoms with Crippen molar-refractivity contribution in [2.75, 3.05) is 0 Å². The topological polar surface area (TPSA) is 119 Å². The van der Waals surface area contributed by atoms with Gasteiger partial charge in [0.05, 0.1) is 11.7 Å². The minimum absolute atomic E-state index is 0.164. The number of aliphatic hydroxyl groups is 2. The first kappa shape index (κ1) is 24.9. The molecule has 8 nitrogen and oxygen atoms in total. The zero-order valence-electron chi connectivity index (χ0n) is 20.1. The summed E-state index contributed by atoms with van der Waals surface area (Å²) in [6.07, 6.45) is -1.22. The predicted octanol–water partition coefficient (Wildman–Crippen LogP) is 2.09. The van der Waals surface area contributed by atoms with Crippen LogP contribution < -0.4 is 0 Å². The van der Waals surface area contributed by atoms with E-state index in [0.717, 1.165) is 0 Å². The second kappa shape index (κ2) is 7.37. The molecule has 3 rings (SSSR count). The van der Waals surface area contributed by atoms with Crippen molar-refractivity contribution in [1.82, 2.24) is 0 Å². The lowest BCUT2D eigenvalue weighted by molar-refractivity contribution is -0.370. The van der Waals surface area contributed by atoms with Gasteiger partial charge in [-0.1, -0.05) is 26.8 Å². The van der Waals surface area contributed by atoms with Crippen LogP contribution in [0, 0.1) is 16.7 Å². The second-order valence-electron chi connectivity index (χ2n) is 10.9. The first-order valence-corrected chi connectivity index (χ1v) is 11.1. The number of hydrogen-bond acceptors (Lipinski definition) is 8. The van der Waals surface area contributed by atoms with Crippen LogP contribution >= 0.6 is 0 Å². The second-order valence-corrected chi connectivity index (χ2v) is 10.9. The number of ether oxygens (including phenoxy) is 3. The molecule has 0 bridgehead atoms. The summed E-state index contributed by atoms with van der Waals surface area (Å²) in [4.78, 5) is 38.2. The molecule has 8 atom stereocenters. The maximum Gasteiger partial charge on any atom is 0.303 e. The molecule has 2 N–H and O–H groups in total. The zero-order chi connectivity index (χ0) is 24.5. The van der Waals surface area contributed by atoms with Crippen molar-refractivity contribution in [3.8, 4) is 0 Å². The summed E-state index contributed by atoms with van der Waals surface area (Å²) in [7, 11) is 0. The van der Waals surface area contributed by atoms with Crippen LogP contribution in [0.15, 0.2) is 12.7 Å². The molecule has 2 aliphatic carbocycles. The Morgan fingerprint density at radius 3 is 2.19 bits per heavy atom. The minimum atomic E-state index is -2.22. The fraction of sp³-hybridized carbons (Fsp3) is 0.792. The van der Waals surface area contributed by atoms with Crippen molar-refractivity contribution < 1.29 is 38.8 Å². The van der Waals surface area contributed by atoms with E-state index < -0.39 is 69.6 Å². The van der Waals surface area contributed by atoms with Gasteiger partial charge in [-0.25, -0.2) is 0 Å². The Morgan fingerprint density at radius 2 is 1.69 bits per heavy atom. The van der Waals surface area contributed by atoms with Crippen LogP contribution in [0.25, 0.3) is 0 Å². The Hall–Kier alpha value is -1.77. The Morgan fingerprint density at radius 1 is 1.12 bits per heavy atom. The van der Waals surface area contributed by atoms with Gasteiger partial charge in [-0.3, -0.25) is 14.4 Å². The largest absolute Gasteiger partial charge is 0.458 e. The highest BCUT2D eigenvalue weighted by molar-refractivity contribution is 5.92. The van der Waals surface area contributed by atoms with E-state index in [-0.39, 0.29) is 6.42 Å². The first-order valence-electron chi connectivity index (χ1n) is 11.1. The summed E-state index contributed by atoms with van der Waals surface area (Å²) < 4.78 is 17.8. The molecule has 32 heavy (non-hydrogen) atoms. The third kappa shape index (κ3) is 3.10. The fourth-order valence-electron chi connectivity index (χ4n) is 6.93. The molecule has 0 spiro atoms. The third-order valence-electron chi connectivity index (χ3n) is 8.30. The third-order valence-corrected chi connectivity index (χ3v) is 8.30. The van der Waals surface area contributed by atoms with Crippen LogP contribution in [0.1, 0.15) is 67.7 Å². The average Bonchev–Trinajstić information content (AvgIpc) is 2.65. The molecule has 0 aromatic rings. The standard InChI is InChI=1S/C24H36O8/c1-9-21(6)12-16(28)24(29)22(7)15(27)10-11-20(4,5)18(22)17(30-13(2)25)19(31-14(3)26)23(24,8)32-21/h9,15,17-19,27,29H,1,10-12H2,2-8H3/t15-,17-,18-,19+,21-,22-,23+,24-/m0/s1. The van der Waals surface area contributed by atoms with Crippen LogP contribution in [0.2, 0.25) is 0 Å². The van der Waals surface area contributed by atoms with Crippen LogP contribution in [0.4, 0.5) is 0 Å². The van der Waals surface area contributed by atoms with E-state index in [1.807, 2.05) is 13.8 Å². The van der Waals surface area contributed by atoms with Gasteiger partial charge in [0.15, 0.2) is 17.5 Å². The van der Waals surface area contributed by atoms with Crippen molar-refractivity contribution in [1.29, 1.82) is 0 Å². The maximum atomic E-state index is 13.8. The number of esters is 2. The fourth-order valence-corrected chi connectivity index (χ4v) is 6.93. The summed E-state index contributed by atoms with van der Waals surface area (Å²) in [5, 5.41) is 23.6. The van der Waals surface area contributed by atoms with Crippen molar-refractivity contribution in [3.05, 3.63) is 12.7 Å².